The number of fused-ring (bicyclic) bond motifs is 1. The SMILES string of the molecule is CN(C(=O)[C@H]1CCCO1)C1CCC2(CC1)CNCc1ccccc1O2. The Morgan fingerprint density at radius 2 is 2.04 bits per heavy atom. The van der Waals surface area contributed by atoms with E-state index >= 15 is 0 Å². The number of rotatable bonds is 2. The van der Waals surface area contributed by atoms with Crippen molar-refractivity contribution in [1.82, 2.24) is 10.2 Å². The van der Waals surface area contributed by atoms with Gasteiger partial charge in [-0.1, -0.05) is 18.2 Å². The number of hydrogen-bond donors (Lipinski definition) is 1. The molecule has 1 aromatic rings. The van der Waals surface area contributed by atoms with Gasteiger partial charge in [0, 0.05) is 38.3 Å². The Balaban J connectivity index is 1.40. The fourth-order valence-electron chi connectivity index (χ4n) is 4.42. The number of ether oxygens (including phenoxy) is 2. The molecule has 1 spiro atoms. The van der Waals surface area contributed by atoms with Crippen LogP contribution in [0.4, 0.5) is 0 Å². The van der Waals surface area contributed by atoms with Gasteiger partial charge in [-0.15, -0.1) is 0 Å². The molecule has 136 valence electrons. The van der Waals surface area contributed by atoms with Gasteiger partial charge in [-0.2, -0.15) is 0 Å². The zero-order valence-electron chi connectivity index (χ0n) is 15.0. The summed E-state index contributed by atoms with van der Waals surface area (Å²) in [5, 5.41) is 3.55. The first-order valence-electron chi connectivity index (χ1n) is 9.53. The van der Waals surface area contributed by atoms with E-state index in [0.29, 0.717) is 6.04 Å². The minimum atomic E-state index is -0.219. The van der Waals surface area contributed by atoms with E-state index in [0.717, 1.165) is 64.0 Å². The third-order valence-corrected chi connectivity index (χ3v) is 6.03. The quantitative estimate of drug-likeness (QED) is 0.896. The predicted octanol–water partition coefficient (Wildman–Crippen LogP) is 2.49. The van der Waals surface area contributed by atoms with Crippen molar-refractivity contribution in [3.63, 3.8) is 0 Å². The van der Waals surface area contributed by atoms with Crippen LogP contribution in [0.1, 0.15) is 44.1 Å². The molecule has 1 aromatic carbocycles. The van der Waals surface area contributed by atoms with Crippen LogP contribution >= 0.6 is 0 Å². The highest BCUT2D eigenvalue weighted by Gasteiger charge is 2.41. The topological polar surface area (TPSA) is 50.8 Å². The summed E-state index contributed by atoms with van der Waals surface area (Å²) in [4.78, 5) is 14.5. The van der Waals surface area contributed by atoms with Crippen LogP contribution in [0, 0.1) is 0 Å². The summed E-state index contributed by atoms with van der Waals surface area (Å²) in [5.41, 5.74) is 1.09. The minimum Gasteiger partial charge on any atom is -0.486 e. The minimum absolute atomic E-state index is 0.142. The number of para-hydroxylation sites is 1. The third kappa shape index (κ3) is 3.40. The monoisotopic (exact) mass is 344 g/mol. The number of carbonyl (C=O) groups is 1. The Bertz CT molecular complexity index is 619. The highest BCUT2D eigenvalue weighted by Crippen LogP contribution is 2.37. The van der Waals surface area contributed by atoms with E-state index in [1.165, 1.54) is 5.56 Å². The number of amides is 1. The molecular formula is C20H28N2O3. The number of benzene rings is 1. The second-order valence-corrected chi connectivity index (χ2v) is 7.68. The van der Waals surface area contributed by atoms with Crippen LogP contribution in [-0.2, 0) is 16.1 Å². The molecule has 0 unspecified atom stereocenters. The molecule has 1 aliphatic carbocycles. The van der Waals surface area contributed by atoms with Crippen LogP contribution in [0.5, 0.6) is 5.75 Å². The second-order valence-electron chi connectivity index (χ2n) is 7.68. The highest BCUT2D eigenvalue weighted by molar-refractivity contribution is 5.81. The highest BCUT2D eigenvalue weighted by atomic mass is 16.5. The molecule has 4 rings (SSSR count). The van der Waals surface area contributed by atoms with Gasteiger partial charge in [0.05, 0.1) is 0 Å². The summed E-state index contributed by atoms with van der Waals surface area (Å²) >= 11 is 0. The number of nitrogens with zero attached hydrogens (tertiary/aromatic N) is 1. The Morgan fingerprint density at radius 3 is 2.80 bits per heavy atom. The second kappa shape index (κ2) is 6.96. The van der Waals surface area contributed by atoms with E-state index < -0.39 is 0 Å². The van der Waals surface area contributed by atoms with Gasteiger partial charge in [-0.25, -0.2) is 0 Å². The van der Waals surface area contributed by atoms with Crippen molar-refractivity contribution < 1.29 is 14.3 Å². The van der Waals surface area contributed by atoms with Crippen molar-refractivity contribution >= 4 is 5.91 Å². The first-order valence-corrected chi connectivity index (χ1v) is 9.53. The lowest BCUT2D eigenvalue weighted by molar-refractivity contribution is -0.143. The van der Waals surface area contributed by atoms with Crippen molar-refractivity contribution in [2.24, 2.45) is 0 Å². The lowest BCUT2D eigenvalue weighted by atomic mass is 9.81. The zero-order valence-corrected chi connectivity index (χ0v) is 15.0. The Hall–Kier alpha value is -1.59. The summed E-state index contributed by atoms with van der Waals surface area (Å²) < 4.78 is 12.0. The average Bonchev–Trinajstić information content (AvgIpc) is 3.11. The predicted molar refractivity (Wildman–Crippen MR) is 95.5 cm³/mol. The van der Waals surface area contributed by atoms with Gasteiger partial charge in [0.25, 0.3) is 5.91 Å². The maximum Gasteiger partial charge on any atom is 0.251 e. The molecule has 1 saturated carbocycles. The van der Waals surface area contributed by atoms with Crippen LogP contribution in [0.25, 0.3) is 0 Å². The number of carbonyl (C=O) groups excluding carboxylic acids is 1. The van der Waals surface area contributed by atoms with Crippen LogP contribution in [0.15, 0.2) is 24.3 Å². The zero-order chi connectivity index (χ0) is 17.3. The summed E-state index contributed by atoms with van der Waals surface area (Å²) in [6.45, 7) is 2.45. The first-order chi connectivity index (χ1) is 12.2. The van der Waals surface area contributed by atoms with Gasteiger partial charge in [0.15, 0.2) is 0 Å². The molecule has 1 atom stereocenters. The number of hydrogen-bond acceptors (Lipinski definition) is 4. The molecule has 25 heavy (non-hydrogen) atoms. The first kappa shape index (κ1) is 16.9. The molecular weight excluding hydrogens is 316 g/mol. The smallest absolute Gasteiger partial charge is 0.251 e. The molecule has 0 radical (unpaired) electrons. The van der Waals surface area contributed by atoms with E-state index in [-0.39, 0.29) is 17.6 Å². The fourth-order valence-corrected chi connectivity index (χ4v) is 4.42. The standard InChI is InChI=1S/C20H28N2O3/c1-22(19(23)18-7-4-12-24-18)16-8-10-20(11-9-16)14-21-13-15-5-2-3-6-17(15)25-20/h2-3,5-6,16,18,21H,4,7-14H2,1H3/t16?,18-,20?/m1/s1. The van der Waals surface area contributed by atoms with Crippen molar-refractivity contribution in [3.8, 4) is 5.75 Å². The Labute approximate surface area is 149 Å². The van der Waals surface area contributed by atoms with Crippen molar-refractivity contribution in [1.29, 1.82) is 0 Å². The third-order valence-electron chi connectivity index (χ3n) is 6.03. The Morgan fingerprint density at radius 1 is 1.24 bits per heavy atom. The molecule has 1 amide bonds. The number of nitrogens with one attached hydrogen (secondary N) is 1. The van der Waals surface area contributed by atoms with Gasteiger partial charge in [-0.3, -0.25) is 4.79 Å². The van der Waals surface area contributed by atoms with E-state index in [4.69, 9.17) is 9.47 Å². The maximum atomic E-state index is 12.6. The molecule has 2 heterocycles. The fraction of sp³-hybridized carbons (Fsp3) is 0.650. The van der Waals surface area contributed by atoms with Crippen LogP contribution in [-0.4, -0.2) is 48.8 Å². The maximum absolute atomic E-state index is 12.6. The van der Waals surface area contributed by atoms with Gasteiger partial charge < -0.3 is 19.7 Å². The molecule has 1 N–H and O–H groups in total. The molecule has 3 aliphatic rings. The van der Waals surface area contributed by atoms with Crippen LogP contribution in [0.3, 0.4) is 0 Å². The molecule has 2 fully saturated rings. The van der Waals surface area contributed by atoms with Gasteiger partial charge in [-0.05, 0) is 44.6 Å². The summed E-state index contributed by atoms with van der Waals surface area (Å²) in [7, 11) is 1.94. The van der Waals surface area contributed by atoms with Gasteiger partial charge in [0.2, 0.25) is 0 Å². The van der Waals surface area contributed by atoms with Crippen molar-refractivity contribution in [2.45, 2.75) is 62.8 Å². The summed E-state index contributed by atoms with van der Waals surface area (Å²) in [5.74, 6) is 1.17. The van der Waals surface area contributed by atoms with E-state index in [2.05, 4.69) is 23.5 Å². The largest absolute Gasteiger partial charge is 0.486 e. The molecule has 5 nitrogen and oxygen atoms in total. The van der Waals surface area contributed by atoms with Gasteiger partial charge >= 0.3 is 0 Å². The number of likely N-dealkylation sites (N-methyl/N-ethyl adjacent to an activating group) is 1. The van der Waals surface area contributed by atoms with Gasteiger partial charge in [0.1, 0.15) is 17.5 Å². The molecule has 0 bridgehead atoms. The van der Waals surface area contributed by atoms with Crippen molar-refractivity contribution in [3.05, 3.63) is 29.8 Å². The van der Waals surface area contributed by atoms with Crippen LogP contribution in [0.2, 0.25) is 0 Å². The Kier molecular flexibility index (Phi) is 4.69. The van der Waals surface area contributed by atoms with Crippen molar-refractivity contribution in [2.75, 3.05) is 20.2 Å². The molecule has 2 aliphatic heterocycles. The normalized spacial score (nSPS) is 31.9. The summed E-state index contributed by atoms with van der Waals surface area (Å²) in [6.07, 6.45) is 5.56. The van der Waals surface area contributed by atoms with E-state index in [1.54, 1.807) is 0 Å². The lowest BCUT2D eigenvalue weighted by Crippen LogP contribution is -2.52. The summed E-state index contributed by atoms with van der Waals surface area (Å²) in [6, 6.07) is 8.59. The lowest BCUT2D eigenvalue weighted by Gasteiger charge is -2.42. The van der Waals surface area contributed by atoms with Crippen LogP contribution < -0.4 is 10.1 Å². The molecule has 1 saturated heterocycles. The molecule has 5 heteroatoms. The molecule has 0 aromatic heterocycles. The average molecular weight is 344 g/mol. The van der Waals surface area contributed by atoms with E-state index in [9.17, 15) is 4.79 Å². The van der Waals surface area contributed by atoms with E-state index in [1.807, 2.05) is 18.0 Å².